The number of halogens is 1. The van der Waals surface area contributed by atoms with Crippen LogP contribution in [0.4, 0.5) is 4.39 Å². The van der Waals surface area contributed by atoms with Crippen LogP contribution < -0.4 is 0 Å². The number of carbonyl (C=O) groups is 1. The van der Waals surface area contributed by atoms with Gasteiger partial charge in [0.1, 0.15) is 5.82 Å². The molecule has 7 heteroatoms. The zero-order valence-electron chi connectivity index (χ0n) is 13.0. The van der Waals surface area contributed by atoms with E-state index in [0.29, 0.717) is 6.54 Å². The Labute approximate surface area is 133 Å². The first-order chi connectivity index (χ1) is 11.1. The van der Waals surface area contributed by atoms with Crippen molar-refractivity contribution in [3.05, 3.63) is 48.0 Å². The van der Waals surface area contributed by atoms with E-state index in [1.165, 1.54) is 24.5 Å². The molecule has 23 heavy (non-hydrogen) atoms. The van der Waals surface area contributed by atoms with Crippen molar-refractivity contribution in [2.75, 3.05) is 13.1 Å². The summed E-state index contributed by atoms with van der Waals surface area (Å²) in [6, 6.07) is 5.70. The molecule has 0 saturated heterocycles. The zero-order chi connectivity index (χ0) is 16.8. The van der Waals surface area contributed by atoms with Crippen LogP contribution in [0.5, 0.6) is 0 Å². The molecule has 1 aromatic heterocycles. The normalized spacial score (nSPS) is 11.8. The summed E-state index contributed by atoms with van der Waals surface area (Å²) in [6.45, 7) is 4.26. The van der Waals surface area contributed by atoms with Crippen molar-refractivity contribution in [1.29, 1.82) is 5.53 Å². The van der Waals surface area contributed by atoms with Crippen molar-refractivity contribution in [2.45, 2.75) is 19.9 Å². The lowest BCUT2D eigenvalue weighted by atomic mass is 10.0. The van der Waals surface area contributed by atoms with Gasteiger partial charge in [-0.1, -0.05) is 6.07 Å². The van der Waals surface area contributed by atoms with E-state index in [1.807, 2.05) is 6.92 Å². The van der Waals surface area contributed by atoms with Gasteiger partial charge in [-0.05, 0) is 32.0 Å². The highest BCUT2D eigenvalue weighted by Crippen LogP contribution is 2.25. The lowest BCUT2D eigenvalue weighted by Gasteiger charge is -2.27. The lowest BCUT2D eigenvalue weighted by molar-refractivity contribution is 0.0708. The molecule has 1 aromatic carbocycles. The SMILES string of the molecule is CCN(C(=O)c1cccc(F)c1-c1ncccn1)C(C)CN=N. The second-order valence-corrected chi connectivity index (χ2v) is 5.02. The molecular weight excluding hydrogens is 297 g/mol. The van der Waals surface area contributed by atoms with Crippen LogP contribution in [-0.4, -0.2) is 39.9 Å². The maximum Gasteiger partial charge on any atom is 0.255 e. The number of aromatic nitrogens is 2. The minimum Gasteiger partial charge on any atom is -0.334 e. The fourth-order valence-electron chi connectivity index (χ4n) is 2.40. The van der Waals surface area contributed by atoms with E-state index in [-0.39, 0.29) is 35.4 Å². The summed E-state index contributed by atoms with van der Waals surface area (Å²) >= 11 is 0. The Morgan fingerprint density at radius 2 is 2.04 bits per heavy atom. The van der Waals surface area contributed by atoms with Crippen LogP contribution in [0.15, 0.2) is 41.8 Å². The molecule has 1 N–H and O–H groups in total. The van der Waals surface area contributed by atoms with Crippen LogP contribution in [0.2, 0.25) is 0 Å². The zero-order valence-corrected chi connectivity index (χ0v) is 13.0. The molecule has 1 heterocycles. The number of nitrogens with one attached hydrogen (secondary N) is 1. The van der Waals surface area contributed by atoms with Gasteiger partial charge in [0, 0.05) is 18.9 Å². The van der Waals surface area contributed by atoms with Crippen molar-refractivity contribution in [1.82, 2.24) is 14.9 Å². The highest BCUT2D eigenvalue weighted by molar-refractivity contribution is 6.00. The monoisotopic (exact) mass is 315 g/mol. The van der Waals surface area contributed by atoms with Crippen molar-refractivity contribution in [3.8, 4) is 11.4 Å². The first kappa shape index (κ1) is 16.7. The van der Waals surface area contributed by atoms with E-state index < -0.39 is 5.82 Å². The number of nitrogens with zero attached hydrogens (tertiary/aromatic N) is 4. The molecule has 0 aliphatic rings. The van der Waals surface area contributed by atoms with E-state index in [9.17, 15) is 9.18 Å². The van der Waals surface area contributed by atoms with Crippen LogP contribution >= 0.6 is 0 Å². The average molecular weight is 315 g/mol. The highest BCUT2D eigenvalue weighted by Gasteiger charge is 2.25. The van der Waals surface area contributed by atoms with Gasteiger partial charge < -0.3 is 4.90 Å². The minimum atomic E-state index is -0.545. The Kier molecular flexibility index (Phi) is 5.46. The first-order valence-electron chi connectivity index (χ1n) is 7.30. The topological polar surface area (TPSA) is 82.3 Å². The summed E-state index contributed by atoms with van der Waals surface area (Å²) in [6.07, 6.45) is 3.00. The summed E-state index contributed by atoms with van der Waals surface area (Å²) in [5.74, 6) is -0.704. The Bertz CT molecular complexity index is 692. The number of benzene rings is 1. The number of hydrogen-bond donors (Lipinski definition) is 1. The molecular formula is C16H18FN5O. The third-order valence-corrected chi connectivity index (χ3v) is 3.52. The molecule has 2 aromatic rings. The van der Waals surface area contributed by atoms with Crippen LogP contribution in [0.25, 0.3) is 11.4 Å². The second-order valence-electron chi connectivity index (χ2n) is 5.02. The smallest absolute Gasteiger partial charge is 0.255 e. The summed E-state index contributed by atoms with van der Waals surface area (Å²) in [4.78, 5) is 22.5. The van der Waals surface area contributed by atoms with E-state index in [2.05, 4.69) is 15.1 Å². The Balaban J connectivity index is 2.49. The summed E-state index contributed by atoms with van der Waals surface area (Å²) < 4.78 is 14.3. The summed E-state index contributed by atoms with van der Waals surface area (Å²) in [5, 5.41) is 3.34. The van der Waals surface area contributed by atoms with E-state index in [0.717, 1.165) is 0 Å². The Hall–Kier alpha value is -2.70. The van der Waals surface area contributed by atoms with Gasteiger partial charge in [-0.2, -0.15) is 5.11 Å². The first-order valence-corrected chi connectivity index (χ1v) is 7.30. The quantitative estimate of drug-likeness (QED) is 0.831. The Morgan fingerprint density at radius 3 is 2.65 bits per heavy atom. The maximum atomic E-state index is 14.3. The number of carbonyl (C=O) groups excluding carboxylic acids is 1. The van der Waals surface area contributed by atoms with Gasteiger partial charge in [-0.25, -0.2) is 19.9 Å². The van der Waals surface area contributed by atoms with Gasteiger partial charge in [0.2, 0.25) is 0 Å². The lowest BCUT2D eigenvalue weighted by Crippen LogP contribution is -2.40. The van der Waals surface area contributed by atoms with Crippen LogP contribution in [-0.2, 0) is 0 Å². The van der Waals surface area contributed by atoms with Crippen molar-refractivity contribution < 1.29 is 9.18 Å². The predicted molar refractivity (Wildman–Crippen MR) is 83.6 cm³/mol. The third-order valence-electron chi connectivity index (χ3n) is 3.52. The van der Waals surface area contributed by atoms with Crippen LogP contribution in [0.1, 0.15) is 24.2 Å². The van der Waals surface area contributed by atoms with Gasteiger partial charge in [0.05, 0.1) is 23.7 Å². The van der Waals surface area contributed by atoms with Gasteiger partial charge in [-0.15, -0.1) is 0 Å². The predicted octanol–water partition coefficient (Wildman–Crippen LogP) is 3.16. The van der Waals surface area contributed by atoms with E-state index in [1.54, 1.807) is 24.0 Å². The molecule has 1 unspecified atom stereocenters. The van der Waals surface area contributed by atoms with Crippen molar-refractivity contribution >= 4 is 5.91 Å². The summed E-state index contributed by atoms with van der Waals surface area (Å²) in [5.41, 5.74) is 7.26. The minimum absolute atomic E-state index is 0.0894. The van der Waals surface area contributed by atoms with Crippen molar-refractivity contribution in [2.24, 2.45) is 5.11 Å². The molecule has 1 amide bonds. The average Bonchev–Trinajstić information content (AvgIpc) is 2.56. The van der Waals surface area contributed by atoms with E-state index >= 15 is 0 Å². The number of rotatable bonds is 6. The third kappa shape index (κ3) is 3.56. The van der Waals surface area contributed by atoms with Crippen LogP contribution in [0, 0.1) is 11.3 Å². The molecule has 0 aliphatic carbocycles. The maximum absolute atomic E-state index is 14.3. The number of amides is 1. The van der Waals surface area contributed by atoms with Gasteiger partial charge >= 0.3 is 0 Å². The molecule has 0 spiro atoms. The molecule has 0 radical (unpaired) electrons. The molecule has 0 bridgehead atoms. The molecule has 120 valence electrons. The van der Waals surface area contributed by atoms with E-state index in [4.69, 9.17) is 5.53 Å². The van der Waals surface area contributed by atoms with Crippen molar-refractivity contribution in [3.63, 3.8) is 0 Å². The standard InChI is InChI=1S/C16H18FN5O/c1-3-22(11(2)10-21-18)16(23)12-6-4-7-13(17)14(12)15-19-8-5-9-20-15/h4-9,11,18H,3,10H2,1-2H3. The molecule has 0 fully saturated rings. The fraction of sp³-hybridized carbons (Fsp3) is 0.312. The number of likely N-dealkylation sites (N-methyl/N-ethyl adjacent to an activating group) is 1. The largest absolute Gasteiger partial charge is 0.334 e. The van der Waals surface area contributed by atoms with Crippen LogP contribution in [0.3, 0.4) is 0 Å². The number of hydrogen-bond acceptors (Lipinski definition) is 5. The molecule has 0 saturated carbocycles. The van der Waals surface area contributed by atoms with Gasteiger partial charge in [-0.3, -0.25) is 4.79 Å². The Morgan fingerprint density at radius 1 is 1.35 bits per heavy atom. The molecule has 0 aliphatic heterocycles. The fourth-order valence-corrected chi connectivity index (χ4v) is 2.40. The summed E-state index contributed by atoms with van der Waals surface area (Å²) in [7, 11) is 0. The second kappa shape index (κ2) is 7.53. The molecule has 1 atom stereocenters. The van der Waals surface area contributed by atoms with Gasteiger partial charge in [0.25, 0.3) is 5.91 Å². The molecule has 2 rings (SSSR count). The molecule has 6 nitrogen and oxygen atoms in total. The highest BCUT2D eigenvalue weighted by atomic mass is 19.1. The van der Waals surface area contributed by atoms with Gasteiger partial charge in [0.15, 0.2) is 5.82 Å².